The van der Waals surface area contributed by atoms with Crippen molar-refractivity contribution in [3.8, 4) is 0 Å². The monoisotopic (exact) mass is 253 g/mol. The first-order valence-electron chi connectivity index (χ1n) is 6.08. The average molecular weight is 253 g/mol. The largest absolute Gasteiger partial charge is 0.436 e. The standard InChI is InChI=1S/C11H18BN2O2S/c1-16-12-13-10-6-5-9(17-10)11(15)14-7-3-2-4-8-14/h6,9,13H,2-5,7-8H2,1H3. The Labute approximate surface area is 107 Å². The molecular formula is C11H18BN2O2S. The number of nitrogens with zero attached hydrogens (tertiary/aromatic N) is 1. The molecule has 0 aromatic carbocycles. The van der Waals surface area contributed by atoms with E-state index in [4.69, 9.17) is 4.65 Å². The summed E-state index contributed by atoms with van der Waals surface area (Å²) in [4.78, 5) is 14.2. The lowest BCUT2D eigenvalue weighted by molar-refractivity contribution is -0.131. The number of rotatable bonds is 4. The number of thioether (sulfide) groups is 1. The number of hydrogen-bond acceptors (Lipinski definition) is 4. The molecule has 0 bridgehead atoms. The molecule has 2 aliphatic rings. The number of carbonyl (C=O) groups excluding carboxylic acids is 1. The van der Waals surface area contributed by atoms with E-state index in [0.29, 0.717) is 5.91 Å². The first kappa shape index (κ1) is 12.8. The van der Waals surface area contributed by atoms with Gasteiger partial charge in [-0.3, -0.25) is 4.79 Å². The van der Waals surface area contributed by atoms with E-state index in [-0.39, 0.29) is 5.25 Å². The van der Waals surface area contributed by atoms with Crippen LogP contribution in [0.3, 0.4) is 0 Å². The number of hydrogen-bond donors (Lipinski definition) is 1. The third-order valence-corrected chi connectivity index (χ3v) is 4.27. The molecular weight excluding hydrogens is 235 g/mol. The molecule has 93 valence electrons. The Balaban J connectivity index is 1.78. The molecule has 1 fully saturated rings. The molecule has 0 aliphatic carbocycles. The van der Waals surface area contributed by atoms with Crippen molar-refractivity contribution in [2.75, 3.05) is 20.2 Å². The molecule has 1 radical (unpaired) electrons. The topological polar surface area (TPSA) is 41.6 Å². The summed E-state index contributed by atoms with van der Waals surface area (Å²) in [7, 11) is 3.14. The van der Waals surface area contributed by atoms with Crippen LogP contribution in [-0.4, -0.2) is 43.9 Å². The van der Waals surface area contributed by atoms with E-state index in [0.717, 1.165) is 37.4 Å². The number of likely N-dealkylation sites (tertiary alicyclic amines) is 1. The molecule has 1 saturated heterocycles. The zero-order chi connectivity index (χ0) is 12.1. The zero-order valence-electron chi connectivity index (χ0n) is 10.1. The fourth-order valence-electron chi connectivity index (χ4n) is 2.14. The minimum absolute atomic E-state index is 0.0563. The summed E-state index contributed by atoms with van der Waals surface area (Å²) >= 11 is 1.60. The fraction of sp³-hybridized carbons (Fsp3) is 0.727. The molecule has 2 aliphatic heterocycles. The van der Waals surface area contributed by atoms with Crippen molar-refractivity contribution in [2.24, 2.45) is 0 Å². The maximum atomic E-state index is 12.2. The second-order valence-electron chi connectivity index (χ2n) is 4.29. The Morgan fingerprint density at radius 3 is 3.00 bits per heavy atom. The van der Waals surface area contributed by atoms with E-state index < -0.39 is 0 Å². The van der Waals surface area contributed by atoms with E-state index in [1.807, 2.05) is 4.90 Å². The summed E-state index contributed by atoms with van der Waals surface area (Å²) < 4.78 is 4.83. The van der Waals surface area contributed by atoms with Crippen LogP contribution in [0.1, 0.15) is 25.7 Å². The van der Waals surface area contributed by atoms with Gasteiger partial charge in [0.15, 0.2) is 0 Å². The maximum absolute atomic E-state index is 12.2. The summed E-state index contributed by atoms with van der Waals surface area (Å²) in [6, 6.07) is 0. The molecule has 17 heavy (non-hydrogen) atoms. The third-order valence-electron chi connectivity index (χ3n) is 3.05. The lowest BCUT2D eigenvalue weighted by atomic mass is 10.1. The quantitative estimate of drug-likeness (QED) is 0.762. The summed E-state index contributed by atoms with van der Waals surface area (Å²) in [6.45, 7) is 1.87. The number of allylic oxidation sites excluding steroid dienone is 1. The predicted molar refractivity (Wildman–Crippen MR) is 70.4 cm³/mol. The Kier molecular flexibility index (Phi) is 4.80. The van der Waals surface area contributed by atoms with Crippen LogP contribution in [0.2, 0.25) is 0 Å². The van der Waals surface area contributed by atoms with E-state index in [2.05, 4.69) is 11.3 Å². The normalized spacial score (nSPS) is 24.4. The van der Waals surface area contributed by atoms with Gasteiger partial charge in [-0.15, -0.1) is 0 Å². The molecule has 1 atom stereocenters. The minimum Gasteiger partial charge on any atom is -0.422 e. The van der Waals surface area contributed by atoms with Crippen molar-refractivity contribution in [1.29, 1.82) is 0 Å². The summed E-state index contributed by atoms with van der Waals surface area (Å²) in [5.74, 6) is 0.292. The molecule has 2 heterocycles. The van der Waals surface area contributed by atoms with Crippen molar-refractivity contribution in [3.05, 3.63) is 11.1 Å². The number of carbonyl (C=O) groups is 1. The second-order valence-corrected chi connectivity index (χ2v) is 5.54. The van der Waals surface area contributed by atoms with E-state index in [9.17, 15) is 4.79 Å². The number of amides is 1. The smallest absolute Gasteiger partial charge is 0.422 e. The first-order valence-corrected chi connectivity index (χ1v) is 6.96. The van der Waals surface area contributed by atoms with Crippen molar-refractivity contribution in [3.63, 3.8) is 0 Å². The molecule has 1 unspecified atom stereocenters. The van der Waals surface area contributed by atoms with Crippen LogP contribution in [0.15, 0.2) is 11.1 Å². The Hall–Kier alpha value is -0.615. The van der Waals surface area contributed by atoms with Gasteiger partial charge in [-0.05, 0) is 25.7 Å². The van der Waals surface area contributed by atoms with E-state index >= 15 is 0 Å². The first-order chi connectivity index (χ1) is 8.31. The van der Waals surface area contributed by atoms with Crippen molar-refractivity contribution < 1.29 is 9.45 Å². The highest BCUT2D eigenvalue weighted by molar-refractivity contribution is 8.04. The van der Waals surface area contributed by atoms with Crippen LogP contribution in [0.4, 0.5) is 0 Å². The molecule has 0 aromatic rings. The van der Waals surface area contributed by atoms with Crippen LogP contribution < -0.4 is 5.23 Å². The number of piperidine rings is 1. The zero-order valence-corrected chi connectivity index (χ0v) is 11.0. The molecule has 4 nitrogen and oxygen atoms in total. The maximum Gasteiger partial charge on any atom is 0.436 e. The predicted octanol–water partition coefficient (Wildman–Crippen LogP) is 1.12. The molecule has 6 heteroatoms. The summed E-state index contributed by atoms with van der Waals surface area (Å²) in [5.41, 5.74) is 0. The highest BCUT2D eigenvalue weighted by Gasteiger charge is 2.29. The van der Waals surface area contributed by atoms with Gasteiger partial charge in [0.25, 0.3) is 0 Å². The second kappa shape index (κ2) is 6.35. The Morgan fingerprint density at radius 2 is 2.29 bits per heavy atom. The minimum atomic E-state index is 0.0563. The van der Waals surface area contributed by atoms with Crippen molar-refractivity contribution in [2.45, 2.75) is 30.9 Å². The van der Waals surface area contributed by atoms with Crippen LogP contribution in [0, 0.1) is 0 Å². The van der Waals surface area contributed by atoms with Gasteiger partial charge in [0, 0.05) is 20.2 Å². The van der Waals surface area contributed by atoms with Crippen molar-refractivity contribution in [1.82, 2.24) is 10.1 Å². The van der Waals surface area contributed by atoms with Crippen LogP contribution >= 0.6 is 11.8 Å². The average Bonchev–Trinajstić information content (AvgIpc) is 2.85. The Bertz CT molecular complexity index is 306. The van der Waals surface area contributed by atoms with Gasteiger partial charge in [-0.1, -0.05) is 17.8 Å². The van der Waals surface area contributed by atoms with Crippen LogP contribution in [-0.2, 0) is 9.45 Å². The molecule has 0 saturated carbocycles. The van der Waals surface area contributed by atoms with Crippen LogP contribution in [0.25, 0.3) is 0 Å². The van der Waals surface area contributed by atoms with Gasteiger partial charge in [0.2, 0.25) is 5.91 Å². The Morgan fingerprint density at radius 1 is 1.53 bits per heavy atom. The van der Waals surface area contributed by atoms with Gasteiger partial charge in [0.1, 0.15) is 0 Å². The lowest BCUT2D eigenvalue weighted by Crippen LogP contribution is -2.40. The SMILES string of the molecule is CO[B]NC1=CCC(C(=O)N2CCCCC2)S1. The van der Waals surface area contributed by atoms with Crippen molar-refractivity contribution >= 4 is 25.3 Å². The molecule has 1 N–H and O–H groups in total. The van der Waals surface area contributed by atoms with E-state index in [1.165, 1.54) is 14.0 Å². The highest BCUT2D eigenvalue weighted by atomic mass is 32.2. The summed E-state index contributed by atoms with van der Waals surface area (Å²) in [6.07, 6.45) is 6.44. The van der Waals surface area contributed by atoms with Gasteiger partial charge in [-0.2, -0.15) is 0 Å². The van der Waals surface area contributed by atoms with Gasteiger partial charge in [-0.25, -0.2) is 0 Å². The number of nitrogens with one attached hydrogen (secondary N) is 1. The van der Waals surface area contributed by atoms with Gasteiger partial charge >= 0.3 is 7.62 Å². The fourth-order valence-corrected chi connectivity index (χ4v) is 3.20. The highest BCUT2D eigenvalue weighted by Crippen LogP contribution is 2.32. The van der Waals surface area contributed by atoms with E-state index in [1.54, 1.807) is 18.9 Å². The summed E-state index contributed by atoms with van der Waals surface area (Å²) in [5, 5.41) is 4.10. The molecule has 2 rings (SSSR count). The lowest BCUT2D eigenvalue weighted by Gasteiger charge is -2.28. The third kappa shape index (κ3) is 3.42. The molecule has 1 amide bonds. The molecule has 0 spiro atoms. The van der Waals surface area contributed by atoms with Gasteiger partial charge < -0.3 is 14.8 Å². The van der Waals surface area contributed by atoms with Gasteiger partial charge in [0.05, 0.1) is 10.3 Å². The molecule has 0 aromatic heterocycles. The van der Waals surface area contributed by atoms with Crippen LogP contribution in [0.5, 0.6) is 0 Å².